The number of aryl methyl sites for hydroxylation is 1. The van der Waals surface area contributed by atoms with Crippen LogP contribution in [0, 0.1) is 0 Å². The van der Waals surface area contributed by atoms with Crippen LogP contribution in [0.4, 0.5) is 5.69 Å². The molecule has 0 saturated heterocycles. The molecule has 1 aromatic carbocycles. The number of rotatable bonds is 4. The zero-order chi connectivity index (χ0) is 10.6. The van der Waals surface area contributed by atoms with Gasteiger partial charge in [0.1, 0.15) is 5.75 Å². The van der Waals surface area contributed by atoms with Crippen LogP contribution in [-0.4, -0.2) is 16.2 Å². The van der Waals surface area contributed by atoms with Crippen molar-refractivity contribution in [1.29, 1.82) is 0 Å². The van der Waals surface area contributed by atoms with Crippen LogP contribution in [0.25, 0.3) is 0 Å². The van der Waals surface area contributed by atoms with Crippen molar-refractivity contribution in [3.05, 3.63) is 23.8 Å². The lowest BCUT2D eigenvalue weighted by molar-refractivity contribution is -0.137. The zero-order valence-corrected chi connectivity index (χ0v) is 7.73. The van der Waals surface area contributed by atoms with Crippen molar-refractivity contribution in [2.24, 2.45) is 0 Å². The first-order chi connectivity index (χ1) is 6.59. The van der Waals surface area contributed by atoms with E-state index < -0.39 is 5.97 Å². The first kappa shape index (κ1) is 10.4. The van der Waals surface area contributed by atoms with E-state index >= 15 is 0 Å². The van der Waals surface area contributed by atoms with Crippen LogP contribution in [0.2, 0.25) is 0 Å². The van der Waals surface area contributed by atoms with Crippen molar-refractivity contribution >= 4 is 11.7 Å². The van der Waals surface area contributed by atoms with E-state index in [-0.39, 0.29) is 12.2 Å². The quantitative estimate of drug-likeness (QED) is 0.500. The number of hydrogen-bond acceptors (Lipinski definition) is 3. The standard InChI is InChI=1S/C10H13NO3/c11-8-6-7(4-5-9(8)12)2-1-3-10(13)14/h4-6,12H,1-3,11H2,(H,13,14). The number of carboxylic acid groups (broad SMARTS) is 1. The molecule has 4 N–H and O–H groups in total. The third kappa shape index (κ3) is 2.97. The molecule has 0 saturated carbocycles. The molecule has 0 spiro atoms. The molecule has 0 bridgehead atoms. The number of hydrogen-bond donors (Lipinski definition) is 3. The van der Waals surface area contributed by atoms with Gasteiger partial charge in [0, 0.05) is 6.42 Å². The van der Waals surface area contributed by atoms with Crippen molar-refractivity contribution < 1.29 is 15.0 Å². The lowest BCUT2D eigenvalue weighted by Gasteiger charge is -2.02. The van der Waals surface area contributed by atoms with E-state index in [1.165, 1.54) is 6.07 Å². The Balaban J connectivity index is 2.51. The Hall–Kier alpha value is -1.71. The summed E-state index contributed by atoms with van der Waals surface area (Å²) in [6.07, 6.45) is 1.40. The monoisotopic (exact) mass is 195 g/mol. The average Bonchev–Trinajstić information content (AvgIpc) is 2.10. The van der Waals surface area contributed by atoms with Gasteiger partial charge in [-0.2, -0.15) is 0 Å². The minimum atomic E-state index is -0.795. The van der Waals surface area contributed by atoms with E-state index in [2.05, 4.69) is 0 Å². The molecule has 0 unspecified atom stereocenters. The second kappa shape index (κ2) is 4.50. The van der Waals surface area contributed by atoms with Gasteiger partial charge in [0.05, 0.1) is 5.69 Å². The number of anilines is 1. The Labute approximate surface area is 82.0 Å². The van der Waals surface area contributed by atoms with Crippen molar-refractivity contribution in [3.63, 3.8) is 0 Å². The first-order valence-corrected chi connectivity index (χ1v) is 4.39. The number of nitrogens with two attached hydrogens (primary N) is 1. The van der Waals surface area contributed by atoms with Gasteiger partial charge in [0.25, 0.3) is 0 Å². The number of nitrogen functional groups attached to an aromatic ring is 1. The van der Waals surface area contributed by atoms with E-state index in [0.717, 1.165) is 5.56 Å². The van der Waals surface area contributed by atoms with Gasteiger partial charge in [-0.15, -0.1) is 0 Å². The summed E-state index contributed by atoms with van der Waals surface area (Å²) < 4.78 is 0. The largest absolute Gasteiger partial charge is 0.506 e. The van der Waals surface area contributed by atoms with Crippen LogP contribution in [-0.2, 0) is 11.2 Å². The molecule has 14 heavy (non-hydrogen) atoms. The number of carboxylic acids is 1. The maximum atomic E-state index is 10.2. The predicted molar refractivity (Wildman–Crippen MR) is 53.1 cm³/mol. The molecular formula is C10H13NO3. The van der Waals surface area contributed by atoms with Crippen LogP contribution >= 0.6 is 0 Å². The highest BCUT2D eigenvalue weighted by Crippen LogP contribution is 2.21. The van der Waals surface area contributed by atoms with Gasteiger partial charge in [-0.3, -0.25) is 4.79 Å². The Bertz CT molecular complexity index is 336. The summed E-state index contributed by atoms with van der Waals surface area (Å²) in [6.45, 7) is 0. The highest BCUT2D eigenvalue weighted by molar-refractivity contribution is 5.66. The predicted octanol–water partition coefficient (Wildman–Crippen LogP) is 1.38. The third-order valence-corrected chi connectivity index (χ3v) is 1.95. The Morgan fingerprint density at radius 3 is 2.71 bits per heavy atom. The van der Waals surface area contributed by atoms with E-state index in [1.807, 2.05) is 0 Å². The summed E-state index contributed by atoms with van der Waals surface area (Å²) in [5.74, 6) is -0.733. The first-order valence-electron chi connectivity index (χ1n) is 4.39. The van der Waals surface area contributed by atoms with Crippen molar-refractivity contribution in [3.8, 4) is 5.75 Å². The Morgan fingerprint density at radius 1 is 1.43 bits per heavy atom. The lowest BCUT2D eigenvalue weighted by atomic mass is 10.1. The maximum absolute atomic E-state index is 10.2. The van der Waals surface area contributed by atoms with Crippen LogP contribution in [0.15, 0.2) is 18.2 Å². The van der Waals surface area contributed by atoms with Crippen LogP contribution in [0.1, 0.15) is 18.4 Å². The number of aliphatic carboxylic acids is 1. The molecule has 0 aromatic heterocycles. The SMILES string of the molecule is Nc1cc(CCCC(=O)O)ccc1O. The van der Waals surface area contributed by atoms with Crippen molar-refractivity contribution in [2.75, 3.05) is 5.73 Å². The molecule has 76 valence electrons. The number of benzene rings is 1. The van der Waals surface area contributed by atoms with Gasteiger partial charge in [-0.1, -0.05) is 6.07 Å². The third-order valence-electron chi connectivity index (χ3n) is 1.95. The Kier molecular flexibility index (Phi) is 3.34. The van der Waals surface area contributed by atoms with Gasteiger partial charge < -0.3 is 15.9 Å². The molecule has 4 nitrogen and oxygen atoms in total. The number of phenolic OH excluding ortho intramolecular Hbond substituents is 1. The molecule has 0 radical (unpaired) electrons. The highest BCUT2D eigenvalue weighted by atomic mass is 16.4. The molecule has 4 heteroatoms. The number of aromatic hydroxyl groups is 1. The fourth-order valence-corrected chi connectivity index (χ4v) is 1.20. The highest BCUT2D eigenvalue weighted by Gasteiger charge is 2.01. The minimum Gasteiger partial charge on any atom is -0.506 e. The molecule has 0 amide bonds. The molecule has 1 rings (SSSR count). The maximum Gasteiger partial charge on any atom is 0.303 e. The van der Waals surface area contributed by atoms with Crippen molar-refractivity contribution in [1.82, 2.24) is 0 Å². The zero-order valence-electron chi connectivity index (χ0n) is 7.73. The smallest absolute Gasteiger partial charge is 0.303 e. The van der Waals surface area contributed by atoms with Crippen LogP contribution in [0.3, 0.4) is 0 Å². The molecule has 0 heterocycles. The summed E-state index contributed by atoms with van der Waals surface area (Å²) in [5.41, 5.74) is 6.76. The normalized spacial score (nSPS) is 10.0. The summed E-state index contributed by atoms with van der Waals surface area (Å²) in [6, 6.07) is 4.93. The van der Waals surface area contributed by atoms with E-state index in [4.69, 9.17) is 15.9 Å². The van der Waals surface area contributed by atoms with Crippen molar-refractivity contribution in [2.45, 2.75) is 19.3 Å². The van der Waals surface area contributed by atoms with Gasteiger partial charge in [-0.05, 0) is 30.5 Å². The average molecular weight is 195 g/mol. The number of phenols is 1. The Morgan fingerprint density at radius 2 is 2.14 bits per heavy atom. The molecular weight excluding hydrogens is 182 g/mol. The van der Waals surface area contributed by atoms with Gasteiger partial charge >= 0.3 is 5.97 Å². The second-order valence-corrected chi connectivity index (χ2v) is 3.14. The molecule has 0 aliphatic carbocycles. The topological polar surface area (TPSA) is 83.6 Å². The lowest BCUT2D eigenvalue weighted by Crippen LogP contribution is -1.96. The molecule has 0 aliphatic heterocycles. The number of carbonyl (C=O) groups is 1. The fourth-order valence-electron chi connectivity index (χ4n) is 1.20. The minimum absolute atomic E-state index is 0.0620. The van der Waals surface area contributed by atoms with Crippen LogP contribution in [0.5, 0.6) is 5.75 Å². The molecule has 0 fully saturated rings. The molecule has 0 aliphatic rings. The summed E-state index contributed by atoms with van der Waals surface area (Å²) in [7, 11) is 0. The summed E-state index contributed by atoms with van der Waals surface area (Å²) in [5, 5.41) is 17.6. The van der Waals surface area contributed by atoms with Gasteiger partial charge in [0.2, 0.25) is 0 Å². The molecule has 1 aromatic rings. The summed E-state index contributed by atoms with van der Waals surface area (Å²) >= 11 is 0. The van der Waals surface area contributed by atoms with E-state index in [9.17, 15) is 4.79 Å². The van der Waals surface area contributed by atoms with Gasteiger partial charge in [-0.25, -0.2) is 0 Å². The second-order valence-electron chi connectivity index (χ2n) is 3.14. The van der Waals surface area contributed by atoms with E-state index in [0.29, 0.717) is 18.5 Å². The van der Waals surface area contributed by atoms with Gasteiger partial charge in [0.15, 0.2) is 0 Å². The summed E-state index contributed by atoms with van der Waals surface area (Å²) in [4.78, 5) is 10.2. The molecule has 0 atom stereocenters. The fraction of sp³-hybridized carbons (Fsp3) is 0.300. The van der Waals surface area contributed by atoms with Crippen LogP contribution < -0.4 is 5.73 Å². The van der Waals surface area contributed by atoms with E-state index in [1.54, 1.807) is 12.1 Å².